The number of rotatable bonds is 5. The molecule has 0 saturated heterocycles. The summed E-state index contributed by atoms with van der Waals surface area (Å²) in [5, 5.41) is 0.310. The average molecular weight is 333 g/mol. The fourth-order valence-corrected chi connectivity index (χ4v) is 2.39. The molecule has 0 aliphatic heterocycles. The van der Waals surface area contributed by atoms with Crippen LogP contribution >= 0.6 is 11.6 Å². The molecule has 0 saturated carbocycles. The zero-order valence-electron chi connectivity index (χ0n) is 13.1. The molecule has 0 bridgehead atoms. The summed E-state index contributed by atoms with van der Waals surface area (Å²) < 4.78 is 15.1. The van der Waals surface area contributed by atoms with E-state index in [4.69, 9.17) is 25.8 Å². The van der Waals surface area contributed by atoms with Crippen LogP contribution in [-0.2, 0) is 9.53 Å². The molecular formula is C18H17ClO4. The summed E-state index contributed by atoms with van der Waals surface area (Å²) in [4.78, 5) is 12.2. The molecule has 2 aromatic rings. The van der Waals surface area contributed by atoms with Gasteiger partial charge >= 0.3 is 5.97 Å². The van der Waals surface area contributed by atoms with Gasteiger partial charge in [0.1, 0.15) is 11.5 Å². The molecule has 0 radical (unpaired) electrons. The van der Waals surface area contributed by atoms with Gasteiger partial charge in [0.15, 0.2) is 0 Å². The predicted octanol–water partition coefficient (Wildman–Crippen LogP) is 3.98. The van der Waals surface area contributed by atoms with Crippen molar-refractivity contribution in [3.8, 4) is 11.5 Å². The van der Waals surface area contributed by atoms with Gasteiger partial charge in [-0.2, -0.15) is 0 Å². The van der Waals surface area contributed by atoms with Crippen LogP contribution in [0.1, 0.15) is 11.1 Å². The van der Waals surface area contributed by atoms with Gasteiger partial charge in [-0.05, 0) is 47.5 Å². The van der Waals surface area contributed by atoms with Gasteiger partial charge in [-0.1, -0.05) is 23.7 Å². The second kappa shape index (κ2) is 7.70. The first kappa shape index (κ1) is 16.9. The lowest BCUT2D eigenvalue weighted by Crippen LogP contribution is -2.05. The van der Waals surface area contributed by atoms with E-state index in [-0.39, 0.29) is 0 Å². The van der Waals surface area contributed by atoms with Crippen molar-refractivity contribution in [1.82, 2.24) is 0 Å². The van der Waals surface area contributed by atoms with E-state index in [0.29, 0.717) is 33.2 Å². The van der Waals surface area contributed by atoms with Gasteiger partial charge < -0.3 is 14.2 Å². The third-order valence-corrected chi connectivity index (χ3v) is 3.74. The number of methoxy groups -OCH3 is 3. The molecule has 4 nitrogen and oxygen atoms in total. The number of esters is 1. The van der Waals surface area contributed by atoms with Gasteiger partial charge in [0.2, 0.25) is 0 Å². The van der Waals surface area contributed by atoms with Gasteiger partial charge in [0.25, 0.3) is 0 Å². The SMILES string of the molecule is COC(=O)/C(=C(/Cl)c1ccc(OC)cc1)c1ccc(OC)cc1. The average Bonchev–Trinajstić information content (AvgIpc) is 2.62. The highest BCUT2D eigenvalue weighted by Gasteiger charge is 2.18. The van der Waals surface area contributed by atoms with Gasteiger partial charge in [-0.25, -0.2) is 4.79 Å². The quantitative estimate of drug-likeness (QED) is 0.472. The highest BCUT2D eigenvalue weighted by molar-refractivity contribution is 6.56. The van der Waals surface area contributed by atoms with Crippen molar-refractivity contribution in [1.29, 1.82) is 0 Å². The van der Waals surface area contributed by atoms with Crippen LogP contribution in [0.4, 0.5) is 0 Å². The Bertz CT molecular complexity index is 703. The molecule has 0 fully saturated rings. The van der Waals surface area contributed by atoms with Crippen LogP contribution in [0.15, 0.2) is 48.5 Å². The van der Waals surface area contributed by atoms with E-state index in [1.54, 1.807) is 62.8 Å². The van der Waals surface area contributed by atoms with E-state index < -0.39 is 5.97 Å². The van der Waals surface area contributed by atoms with Crippen LogP contribution in [-0.4, -0.2) is 27.3 Å². The van der Waals surface area contributed by atoms with E-state index in [1.165, 1.54) is 7.11 Å². The summed E-state index contributed by atoms with van der Waals surface area (Å²) in [6, 6.07) is 14.2. The Morgan fingerprint density at radius 2 is 1.22 bits per heavy atom. The molecule has 23 heavy (non-hydrogen) atoms. The first-order valence-corrected chi connectivity index (χ1v) is 7.25. The van der Waals surface area contributed by atoms with Crippen LogP contribution in [0.3, 0.4) is 0 Å². The summed E-state index contributed by atoms with van der Waals surface area (Å²) in [6.45, 7) is 0. The van der Waals surface area contributed by atoms with Crippen molar-refractivity contribution >= 4 is 28.2 Å². The Balaban J connectivity index is 2.52. The summed E-state index contributed by atoms with van der Waals surface area (Å²) in [6.07, 6.45) is 0. The Kier molecular flexibility index (Phi) is 5.66. The van der Waals surface area contributed by atoms with Crippen molar-refractivity contribution in [3.63, 3.8) is 0 Å². The predicted molar refractivity (Wildman–Crippen MR) is 90.7 cm³/mol. The number of hydrogen-bond donors (Lipinski definition) is 0. The van der Waals surface area contributed by atoms with Gasteiger partial charge in [-0.15, -0.1) is 0 Å². The van der Waals surface area contributed by atoms with Gasteiger partial charge in [0, 0.05) is 0 Å². The summed E-state index contributed by atoms with van der Waals surface area (Å²) in [7, 11) is 4.49. The Morgan fingerprint density at radius 1 is 0.783 bits per heavy atom. The number of carbonyl (C=O) groups excluding carboxylic acids is 1. The van der Waals surface area contributed by atoms with E-state index >= 15 is 0 Å². The molecular weight excluding hydrogens is 316 g/mol. The van der Waals surface area contributed by atoms with E-state index in [0.717, 1.165) is 0 Å². The smallest absolute Gasteiger partial charge is 0.340 e. The largest absolute Gasteiger partial charge is 0.497 e. The fourth-order valence-electron chi connectivity index (χ4n) is 2.08. The topological polar surface area (TPSA) is 44.8 Å². The highest BCUT2D eigenvalue weighted by atomic mass is 35.5. The maximum Gasteiger partial charge on any atom is 0.340 e. The third-order valence-electron chi connectivity index (χ3n) is 3.33. The maximum absolute atomic E-state index is 12.2. The highest BCUT2D eigenvalue weighted by Crippen LogP contribution is 2.32. The van der Waals surface area contributed by atoms with Crippen LogP contribution in [0, 0.1) is 0 Å². The first-order valence-electron chi connectivity index (χ1n) is 6.87. The molecule has 0 unspecified atom stereocenters. The van der Waals surface area contributed by atoms with Crippen molar-refractivity contribution in [2.24, 2.45) is 0 Å². The zero-order chi connectivity index (χ0) is 16.8. The molecule has 0 N–H and O–H groups in total. The number of hydrogen-bond acceptors (Lipinski definition) is 4. The van der Waals surface area contributed by atoms with E-state index in [1.807, 2.05) is 0 Å². The number of halogens is 1. The lowest BCUT2D eigenvalue weighted by atomic mass is 10.0. The zero-order valence-corrected chi connectivity index (χ0v) is 13.9. The van der Waals surface area contributed by atoms with Crippen molar-refractivity contribution < 1.29 is 19.0 Å². The maximum atomic E-state index is 12.2. The second-order valence-electron chi connectivity index (χ2n) is 4.64. The molecule has 0 aliphatic rings. The normalized spacial score (nSPS) is 11.5. The molecule has 2 aromatic carbocycles. The Labute approximate surface area is 140 Å². The van der Waals surface area contributed by atoms with Crippen LogP contribution in [0.25, 0.3) is 10.6 Å². The molecule has 0 aromatic heterocycles. The molecule has 0 amide bonds. The Hall–Kier alpha value is -2.46. The first-order chi connectivity index (χ1) is 11.1. The summed E-state index contributed by atoms with van der Waals surface area (Å²) in [5.74, 6) is 0.900. The molecule has 0 spiro atoms. The lowest BCUT2D eigenvalue weighted by Gasteiger charge is -2.11. The molecule has 0 aliphatic carbocycles. The van der Waals surface area contributed by atoms with E-state index in [2.05, 4.69) is 0 Å². The minimum absolute atomic E-state index is 0.294. The van der Waals surface area contributed by atoms with Crippen LogP contribution in [0.5, 0.6) is 11.5 Å². The molecule has 120 valence electrons. The lowest BCUT2D eigenvalue weighted by molar-refractivity contribution is -0.133. The minimum atomic E-state index is -0.504. The molecule has 0 atom stereocenters. The number of benzene rings is 2. The fraction of sp³-hybridized carbons (Fsp3) is 0.167. The third kappa shape index (κ3) is 3.85. The second-order valence-corrected chi connectivity index (χ2v) is 5.02. The van der Waals surface area contributed by atoms with Gasteiger partial charge in [-0.3, -0.25) is 0 Å². The van der Waals surface area contributed by atoms with Crippen molar-refractivity contribution in [2.45, 2.75) is 0 Å². The van der Waals surface area contributed by atoms with Gasteiger partial charge in [0.05, 0.1) is 31.9 Å². The van der Waals surface area contributed by atoms with Crippen LogP contribution < -0.4 is 9.47 Å². The minimum Gasteiger partial charge on any atom is -0.497 e. The number of carbonyl (C=O) groups is 1. The monoisotopic (exact) mass is 332 g/mol. The van der Waals surface area contributed by atoms with Crippen molar-refractivity contribution in [2.75, 3.05) is 21.3 Å². The Morgan fingerprint density at radius 3 is 1.61 bits per heavy atom. The number of ether oxygens (including phenoxy) is 3. The standard InChI is InChI=1S/C18H17ClO4/c1-21-14-8-4-12(5-9-14)16(18(20)23-3)17(19)13-6-10-15(22-2)11-7-13/h4-11H,1-3H3/b17-16+. The summed E-state index contributed by atoms with van der Waals surface area (Å²) in [5.41, 5.74) is 1.64. The van der Waals surface area contributed by atoms with Crippen molar-refractivity contribution in [3.05, 3.63) is 59.7 Å². The van der Waals surface area contributed by atoms with E-state index in [9.17, 15) is 4.79 Å². The van der Waals surface area contributed by atoms with Crippen LogP contribution in [0.2, 0.25) is 0 Å². The molecule has 0 heterocycles. The summed E-state index contributed by atoms with van der Waals surface area (Å²) >= 11 is 6.46. The molecule has 2 rings (SSSR count). The molecule has 5 heteroatoms.